The van der Waals surface area contributed by atoms with Crippen LogP contribution in [-0.4, -0.2) is 42.3 Å². The Balaban J connectivity index is 3.69. The summed E-state index contributed by atoms with van der Waals surface area (Å²) < 4.78 is 4.74. The molecular formula is C10H18N2O5. The summed E-state index contributed by atoms with van der Waals surface area (Å²) in [5, 5.41) is 12.9. The third kappa shape index (κ3) is 8.06. The maximum absolute atomic E-state index is 11.1. The van der Waals surface area contributed by atoms with Gasteiger partial charge in [-0.3, -0.25) is 9.59 Å². The van der Waals surface area contributed by atoms with Crippen LogP contribution in [0.3, 0.4) is 0 Å². The van der Waals surface area contributed by atoms with Crippen molar-refractivity contribution in [3.8, 4) is 0 Å². The van der Waals surface area contributed by atoms with E-state index in [0.717, 1.165) is 12.8 Å². The van der Waals surface area contributed by atoms with Crippen LogP contribution >= 0.6 is 0 Å². The maximum atomic E-state index is 11.1. The van der Waals surface area contributed by atoms with Gasteiger partial charge in [0.05, 0.1) is 6.61 Å². The van der Waals surface area contributed by atoms with Gasteiger partial charge >= 0.3 is 12.1 Å². The summed E-state index contributed by atoms with van der Waals surface area (Å²) in [6.07, 6.45) is 0.983. The number of hydrogen-bond acceptors (Lipinski definition) is 4. The molecule has 1 atom stereocenters. The van der Waals surface area contributed by atoms with Crippen molar-refractivity contribution in [3.63, 3.8) is 0 Å². The molecule has 0 rings (SSSR count). The standard InChI is InChI=1S/C10H18N2O5/c1-3-4-5-17-10(16)11-6-8(13)12-7(2)9(14)15/h7H,3-6H2,1-2H3,(H,11,16)(H,12,13)(H,14,15). The van der Waals surface area contributed by atoms with Gasteiger partial charge in [-0.15, -0.1) is 0 Å². The summed E-state index contributed by atoms with van der Waals surface area (Å²) in [6, 6.07) is -0.986. The largest absolute Gasteiger partial charge is 0.480 e. The van der Waals surface area contributed by atoms with E-state index in [1.807, 2.05) is 6.92 Å². The molecule has 7 nitrogen and oxygen atoms in total. The minimum Gasteiger partial charge on any atom is -0.480 e. The van der Waals surface area contributed by atoms with E-state index in [-0.39, 0.29) is 6.54 Å². The Hall–Kier alpha value is -1.79. The Bertz CT molecular complexity index is 280. The Morgan fingerprint density at radius 3 is 2.53 bits per heavy atom. The van der Waals surface area contributed by atoms with Gasteiger partial charge < -0.3 is 20.5 Å². The Labute approximate surface area is 99.5 Å². The van der Waals surface area contributed by atoms with E-state index in [1.54, 1.807) is 0 Å². The molecule has 3 N–H and O–H groups in total. The Kier molecular flexibility index (Phi) is 7.49. The molecule has 0 heterocycles. The number of ether oxygens (including phenoxy) is 1. The zero-order valence-electron chi connectivity index (χ0n) is 9.99. The van der Waals surface area contributed by atoms with Crippen molar-refractivity contribution in [2.45, 2.75) is 32.7 Å². The summed E-state index contributed by atoms with van der Waals surface area (Å²) in [7, 11) is 0. The van der Waals surface area contributed by atoms with Crippen molar-refractivity contribution in [2.75, 3.05) is 13.2 Å². The van der Waals surface area contributed by atoms with Crippen LogP contribution in [0.1, 0.15) is 26.7 Å². The van der Waals surface area contributed by atoms with Gasteiger partial charge in [0.2, 0.25) is 5.91 Å². The highest BCUT2D eigenvalue weighted by Crippen LogP contribution is 1.88. The molecule has 1 unspecified atom stereocenters. The number of unbranched alkanes of at least 4 members (excludes halogenated alkanes) is 1. The van der Waals surface area contributed by atoms with Gasteiger partial charge in [-0.1, -0.05) is 13.3 Å². The first-order valence-electron chi connectivity index (χ1n) is 5.40. The van der Waals surface area contributed by atoms with Gasteiger partial charge in [-0.25, -0.2) is 4.79 Å². The Morgan fingerprint density at radius 2 is 2.00 bits per heavy atom. The summed E-state index contributed by atoms with van der Waals surface area (Å²) in [6.45, 7) is 3.29. The lowest BCUT2D eigenvalue weighted by Crippen LogP contribution is -2.44. The van der Waals surface area contributed by atoms with Crippen molar-refractivity contribution in [3.05, 3.63) is 0 Å². The molecule has 0 aliphatic rings. The summed E-state index contributed by atoms with van der Waals surface area (Å²) >= 11 is 0. The molecule has 0 spiro atoms. The fourth-order valence-electron chi connectivity index (χ4n) is 0.867. The summed E-state index contributed by atoms with van der Waals surface area (Å²) in [4.78, 5) is 32.6. The average Bonchev–Trinajstić information content (AvgIpc) is 2.26. The van der Waals surface area contributed by atoms with Crippen LogP contribution < -0.4 is 10.6 Å². The van der Waals surface area contributed by atoms with Crippen LogP contribution in [0.4, 0.5) is 4.79 Å². The highest BCUT2D eigenvalue weighted by molar-refractivity contribution is 5.86. The molecule has 0 aromatic carbocycles. The number of carboxylic acids is 1. The predicted octanol–water partition coefficient (Wildman–Crippen LogP) is 0.102. The first kappa shape index (κ1) is 15.2. The molecule has 0 aliphatic heterocycles. The van der Waals surface area contributed by atoms with Crippen molar-refractivity contribution < 1.29 is 24.2 Å². The lowest BCUT2D eigenvalue weighted by Gasteiger charge is -2.10. The van der Waals surface area contributed by atoms with Crippen LogP contribution in [0.5, 0.6) is 0 Å². The first-order valence-corrected chi connectivity index (χ1v) is 5.40. The van der Waals surface area contributed by atoms with Crippen molar-refractivity contribution >= 4 is 18.0 Å². The van der Waals surface area contributed by atoms with Crippen molar-refractivity contribution in [1.29, 1.82) is 0 Å². The molecule has 0 aromatic rings. The van der Waals surface area contributed by atoms with E-state index < -0.39 is 24.0 Å². The summed E-state index contributed by atoms with van der Waals surface area (Å²) in [5.41, 5.74) is 0. The zero-order valence-corrected chi connectivity index (χ0v) is 9.99. The zero-order chi connectivity index (χ0) is 13.3. The number of hydrogen-bond donors (Lipinski definition) is 3. The van der Waals surface area contributed by atoms with Crippen LogP contribution in [0.2, 0.25) is 0 Å². The minimum absolute atomic E-state index is 0.301. The molecule has 98 valence electrons. The second-order valence-corrected chi connectivity index (χ2v) is 3.47. The van der Waals surface area contributed by atoms with E-state index in [9.17, 15) is 14.4 Å². The molecule has 2 amide bonds. The molecule has 0 aromatic heterocycles. The fraction of sp³-hybridized carbons (Fsp3) is 0.700. The average molecular weight is 246 g/mol. The number of carboxylic acid groups (broad SMARTS) is 1. The number of carbonyl (C=O) groups excluding carboxylic acids is 2. The molecule has 0 fully saturated rings. The highest BCUT2D eigenvalue weighted by atomic mass is 16.5. The molecule has 0 saturated carbocycles. The smallest absolute Gasteiger partial charge is 0.407 e. The third-order valence-electron chi connectivity index (χ3n) is 1.87. The number of carbonyl (C=O) groups is 3. The molecule has 7 heteroatoms. The van der Waals surface area contributed by atoms with Crippen molar-refractivity contribution in [1.82, 2.24) is 10.6 Å². The van der Waals surface area contributed by atoms with E-state index in [4.69, 9.17) is 9.84 Å². The second-order valence-electron chi connectivity index (χ2n) is 3.47. The number of amides is 2. The van der Waals surface area contributed by atoms with Crippen LogP contribution in [-0.2, 0) is 14.3 Å². The topological polar surface area (TPSA) is 105 Å². The monoisotopic (exact) mass is 246 g/mol. The molecule has 0 aliphatic carbocycles. The SMILES string of the molecule is CCCCOC(=O)NCC(=O)NC(C)C(=O)O. The van der Waals surface area contributed by atoms with Gasteiger partial charge in [-0.2, -0.15) is 0 Å². The van der Waals surface area contributed by atoms with Gasteiger partial charge in [0.25, 0.3) is 0 Å². The first-order chi connectivity index (χ1) is 7.97. The predicted molar refractivity (Wildman–Crippen MR) is 59.5 cm³/mol. The van der Waals surface area contributed by atoms with Crippen LogP contribution in [0, 0.1) is 0 Å². The van der Waals surface area contributed by atoms with Crippen LogP contribution in [0.15, 0.2) is 0 Å². The molecule has 0 saturated heterocycles. The van der Waals surface area contributed by atoms with E-state index in [1.165, 1.54) is 6.92 Å². The highest BCUT2D eigenvalue weighted by Gasteiger charge is 2.14. The maximum Gasteiger partial charge on any atom is 0.407 e. The van der Waals surface area contributed by atoms with Crippen LogP contribution in [0.25, 0.3) is 0 Å². The van der Waals surface area contributed by atoms with E-state index in [2.05, 4.69) is 10.6 Å². The van der Waals surface area contributed by atoms with E-state index >= 15 is 0 Å². The van der Waals surface area contributed by atoms with Gasteiger partial charge in [0, 0.05) is 0 Å². The molecule has 0 bridgehead atoms. The molecular weight excluding hydrogens is 228 g/mol. The number of nitrogens with one attached hydrogen (secondary N) is 2. The van der Waals surface area contributed by atoms with Gasteiger partial charge in [-0.05, 0) is 13.3 Å². The normalized spacial score (nSPS) is 11.4. The van der Waals surface area contributed by atoms with Gasteiger partial charge in [0.15, 0.2) is 0 Å². The minimum atomic E-state index is -1.14. The lowest BCUT2D eigenvalue weighted by atomic mass is 10.3. The van der Waals surface area contributed by atoms with Crippen molar-refractivity contribution in [2.24, 2.45) is 0 Å². The second kappa shape index (κ2) is 8.37. The van der Waals surface area contributed by atoms with Gasteiger partial charge in [0.1, 0.15) is 12.6 Å². The number of aliphatic carboxylic acids is 1. The number of alkyl carbamates (subject to hydrolysis) is 1. The quantitative estimate of drug-likeness (QED) is 0.553. The molecule has 0 radical (unpaired) electrons. The molecule has 17 heavy (non-hydrogen) atoms. The number of rotatable bonds is 7. The summed E-state index contributed by atoms with van der Waals surface area (Å²) in [5.74, 6) is -1.71. The third-order valence-corrected chi connectivity index (χ3v) is 1.87. The lowest BCUT2D eigenvalue weighted by molar-refractivity contribution is -0.141. The fourth-order valence-corrected chi connectivity index (χ4v) is 0.867. The van der Waals surface area contributed by atoms with E-state index in [0.29, 0.717) is 6.61 Å². The Morgan fingerprint density at radius 1 is 1.35 bits per heavy atom.